The minimum atomic E-state index is -0.0354. The second-order valence-electron chi connectivity index (χ2n) is 6.69. The highest BCUT2D eigenvalue weighted by molar-refractivity contribution is 5.77. The number of ether oxygens (including phenoxy) is 1. The van der Waals surface area contributed by atoms with Crippen LogP contribution in [0.4, 0.5) is 0 Å². The van der Waals surface area contributed by atoms with E-state index in [1.165, 1.54) is 19.3 Å². The molecule has 1 aliphatic rings. The van der Waals surface area contributed by atoms with E-state index in [0.29, 0.717) is 12.5 Å². The second-order valence-corrected chi connectivity index (χ2v) is 6.69. The Labute approximate surface area is 133 Å². The van der Waals surface area contributed by atoms with Crippen molar-refractivity contribution in [2.45, 2.75) is 72.1 Å². The number of carbonyl (C=O) groups is 1. The van der Waals surface area contributed by atoms with E-state index in [1.807, 2.05) is 31.5 Å². The molecule has 22 heavy (non-hydrogen) atoms. The molecule has 0 saturated heterocycles. The van der Waals surface area contributed by atoms with Crippen LogP contribution in [-0.2, 0) is 16.1 Å². The summed E-state index contributed by atoms with van der Waals surface area (Å²) >= 11 is 0. The number of carbonyl (C=O) groups excluding carboxylic acids is 1. The smallest absolute Gasteiger partial charge is 0.246 e. The molecule has 1 saturated carbocycles. The van der Waals surface area contributed by atoms with Gasteiger partial charge in [-0.25, -0.2) is 0 Å². The minimum Gasteiger partial charge on any atom is -0.368 e. The van der Waals surface area contributed by atoms with E-state index in [2.05, 4.69) is 17.3 Å². The number of hydrogen-bond donors (Lipinski definition) is 1. The fourth-order valence-corrected chi connectivity index (χ4v) is 3.19. The van der Waals surface area contributed by atoms with Crippen molar-refractivity contribution in [3.63, 3.8) is 0 Å². The molecule has 5 nitrogen and oxygen atoms in total. The van der Waals surface area contributed by atoms with Crippen molar-refractivity contribution in [1.29, 1.82) is 0 Å². The predicted octanol–water partition coefficient (Wildman–Crippen LogP) is 2.60. The quantitative estimate of drug-likeness (QED) is 0.879. The van der Waals surface area contributed by atoms with E-state index >= 15 is 0 Å². The van der Waals surface area contributed by atoms with Gasteiger partial charge in [-0.3, -0.25) is 9.48 Å². The third-order valence-electron chi connectivity index (χ3n) is 4.42. The van der Waals surface area contributed by atoms with E-state index < -0.39 is 0 Å². The number of nitrogens with zero attached hydrogens (tertiary/aromatic N) is 2. The molecule has 1 amide bonds. The first-order chi connectivity index (χ1) is 10.5. The third-order valence-corrected chi connectivity index (χ3v) is 4.42. The van der Waals surface area contributed by atoms with Crippen molar-refractivity contribution < 1.29 is 9.53 Å². The maximum Gasteiger partial charge on any atom is 0.246 e. The molecule has 1 aromatic heterocycles. The molecule has 3 atom stereocenters. The molecule has 0 radical (unpaired) electrons. The van der Waals surface area contributed by atoms with E-state index in [4.69, 9.17) is 4.74 Å². The van der Waals surface area contributed by atoms with E-state index in [0.717, 1.165) is 17.8 Å². The van der Waals surface area contributed by atoms with Crippen LogP contribution >= 0.6 is 0 Å². The standard InChI is InChI=1S/C17H29N3O2/c1-12-7-5-6-8-16(12)22-11-17(21)18-14(3)10-20-15(4)9-13(2)19-20/h9,12,14,16H,5-8,10-11H2,1-4H3,(H,18,21)/t12-,14+,16-/m1/s1. The van der Waals surface area contributed by atoms with Gasteiger partial charge in [-0.05, 0) is 45.6 Å². The van der Waals surface area contributed by atoms with Gasteiger partial charge in [-0.15, -0.1) is 0 Å². The average Bonchev–Trinajstić information content (AvgIpc) is 2.75. The fraction of sp³-hybridized carbons (Fsp3) is 0.765. The molecule has 124 valence electrons. The van der Waals surface area contributed by atoms with Crippen LogP contribution in [-0.4, -0.2) is 34.4 Å². The summed E-state index contributed by atoms with van der Waals surface area (Å²) in [6.07, 6.45) is 5.03. The zero-order chi connectivity index (χ0) is 16.1. The largest absolute Gasteiger partial charge is 0.368 e. The lowest BCUT2D eigenvalue weighted by molar-refractivity contribution is -0.130. The lowest BCUT2D eigenvalue weighted by Crippen LogP contribution is -2.39. The molecule has 1 N–H and O–H groups in total. The molecule has 1 aromatic rings. The van der Waals surface area contributed by atoms with E-state index in [1.54, 1.807) is 0 Å². The number of hydrogen-bond acceptors (Lipinski definition) is 3. The first-order valence-corrected chi connectivity index (χ1v) is 8.37. The number of rotatable bonds is 6. The number of aryl methyl sites for hydroxylation is 2. The fourth-order valence-electron chi connectivity index (χ4n) is 3.19. The van der Waals surface area contributed by atoms with Gasteiger partial charge in [-0.1, -0.05) is 19.8 Å². The summed E-state index contributed by atoms with van der Waals surface area (Å²) < 4.78 is 7.74. The van der Waals surface area contributed by atoms with Gasteiger partial charge >= 0.3 is 0 Å². The Bertz CT molecular complexity index is 498. The Hall–Kier alpha value is -1.36. The van der Waals surface area contributed by atoms with Gasteiger partial charge in [0.25, 0.3) is 0 Å². The molecule has 5 heteroatoms. The van der Waals surface area contributed by atoms with Crippen LogP contribution in [0.25, 0.3) is 0 Å². The van der Waals surface area contributed by atoms with Gasteiger partial charge in [0.05, 0.1) is 18.3 Å². The van der Waals surface area contributed by atoms with Crippen molar-refractivity contribution in [3.05, 3.63) is 17.5 Å². The Balaban J connectivity index is 1.73. The zero-order valence-electron chi connectivity index (χ0n) is 14.3. The summed E-state index contributed by atoms with van der Waals surface area (Å²) in [7, 11) is 0. The molecule has 1 fully saturated rings. The van der Waals surface area contributed by atoms with Crippen LogP contribution in [0.3, 0.4) is 0 Å². The summed E-state index contributed by atoms with van der Waals surface area (Å²) in [6, 6.07) is 2.08. The first-order valence-electron chi connectivity index (χ1n) is 8.37. The van der Waals surface area contributed by atoms with Gasteiger partial charge in [0.2, 0.25) is 5.91 Å². The molecule has 1 aliphatic carbocycles. The number of aromatic nitrogens is 2. The van der Waals surface area contributed by atoms with Crippen LogP contribution in [0, 0.1) is 19.8 Å². The van der Waals surface area contributed by atoms with Crippen molar-refractivity contribution in [2.75, 3.05) is 6.61 Å². The van der Waals surface area contributed by atoms with Crippen molar-refractivity contribution in [3.8, 4) is 0 Å². The summed E-state index contributed by atoms with van der Waals surface area (Å²) in [5.41, 5.74) is 2.12. The maximum atomic E-state index is 12.0. The van der Waals surface area contributed by atoms with Crippen molar-refractivity contribution in [2.24, 2.45) is 5.92 Å². The Morgan fingerprint density at radius 1 is 1.45 bits per heavy atom. The Morgan fingerprint density at radius 2 is 2.18 bits per heavy atom. The molecular weight excluding hydrogens is 278 g/mol. The Kier molecular flexibility index (Phi) is 6.00. The van der Waals surface area contributed by atoms with Gasteiger partial charge < -0.3 is 10.1 Å². The number of nitrogens with one attached hydrogen (secondary N) is 1. The normalized spacial score (nSPS) is 23.3. The molecule has 0 aliphatic heterocycles. The average molecular weight is 307 g/mol. The first kappa shape index (κ1) is 17.0. The maximum absolute atomic E-state index is 12.0. The van der Waals surface area contributed by atoms with Crippen LogP contribution < -0.4 is 5.32 Å². The van der Waals surface area contributed by atoms with Gasteiger partial charge in [0.15, 0.2) is 0 Å². The molecule has 0 spiro atoms. The zero-order valence-corrected chi connectivity index (χ0v) is 14.3. The SMILES string of the molecule is Cc1cc(C)n(C[C@H](C)NC(=O)CO[C@@H]2CCCC[C@H]2C)n1. The molecule has 0 unspecified atom stereocenters. The molecule has 0 bridgehead atoms. The van der Waals surface area contributed by atoms with Crippen LogP contribution in [0.15, 0.2) is 6.07 Å². The monoisotopic (exact) mass is 307 g/mol. The van der Waals surface area contributed by atoms with Gasteiger partial charge in [0, 0.05) is 11.7 Å². The second kappa shape index (κ2) is 7.77. The molecule has 0 aromatic carbocycles. The predicted molar refractivity (Wildman–Crippen MR) is 86.7 cm³/mol. The summed E-state index contributed by atoms with van der Waals surface area (Å²) in [4.78, 5) is 12.0. The lowest BCUT2D eigenvalue weighted by atomic mass is 9.88. The van der Waals surface area contributed by atoms with Crippen LogP contribution in [0.5, 0.6) is 0 Å². The van der Waals surface area contributed by atoms with Gasteiger partial charge in [-0.2, -0.15) is 5.10 Å². The Morgan fingerprint density at radius 3 is 2.82 bits per heavy atom. The van der Waals surface area contributed by atoms with E-state index in [-0.39, 0.29) is 24.7 Å². The molecular formula is C17H29N3O2. The van der Waals surface area contributed by atoms with Crippen LogP contribution in [0.2, 0.25) is 0 Å². The summed E-state index contributed by atoms with van der Waals surface area (Å²) in [6.45, 7) is 9.07. The van der Waals surface area contributed by atoms with Crippen molar-refractivity contribution >= 4 is 5.91 Å². The highest BCUT2D eigenvalue weighted by atomic mass is 16.5. The highest BCUT2D eigenvalue weighted by Crippen LogP contribution is 2.26. The lowest BCUT2D eigenvalue weighted by Gasteiger charge is -2.28. The van der Waals surface area contributed by atoms with Gasteiger partial charge in [0.1, 0.15) is 6.61 Å². The van der Waals surface area contributed by atoms with E-state index in [9.17, 15) is 4.79 Å². The molecule has 2 rings (SSSR count). The highest BCUT2D eigenvalue weighted by Gasteiger charge is 2.22. The number of amides is 1. The third kappa shape index (κ3) is 4.83. The van der Waals surface area contributed by atoms with Crippen LogP contribution in [0.1, 0.15) is 50.9 Å². The minimum absolute atomic E-state index is 0.0354. The van der Waals surface area contributed by atoms with Crippen molar-refractivity contribution in [1.82, 2.24) is 15.1 Å². The summed E-state index contributed by atoms with van der Waals surface area (Å²) in [5.74, 6) is 0.528. The topological polar surface area (TPSA) is 56.2 Å². The molecule has 1 heterocycles. The summed E-state index contributed by atoms with van der Waals surface area (Å²) in [5, 5.41) is 7.42.